The van der Waals surface area contributed by atoms with Crippen LogP contribution in [0.15, 0.2) is 53.4 Å². The predicted octanol–water partition coefficient (Wildman–Crippen LogP) is 3.25. The van der Waals surface area contributed by atoms with Gasteiger partial charge in [-0.1, -0.05) is 30.3 Å². The van der Waals surface area contributed by atoms with Gasteiger partial charge in [0.1, 0.15) is 12.4 Å². The van der Waals surface area contributed by atoms with Crippen molar-refractivity contribution in [3.63, 3.8) is 0 Å². The van der Waals surface area contributed by atoms with Crippen LogP contribution in [-0.2, 0) is 6.61 Å². The van der Waals surface area contributed by atoms with Gasteiger partial charge in [-0.25, -0.2) is 4.79 Å². The lowest BCUT2D eigenvalue weighted by Crippen LogP contribution is -1.99. The number of benzene rings is 2. The zero-order valence-electron chi connectivity index (χ0n) is 9.54. The molecule has 1 N–H and O–H groups in total. The summed E-state index contributed by atoms with van der Waals surface area (Å²) in [5, 5.41) is 8.87. The second-order valence-corrected chi connectivity index (χ2v) is 4.24. The fraction of sp³-hybridized carbons (Fsp3) is 0.0714. The van der Waals surface area contributed by atoms with E-state index in [0.717, 1.165) is 5.56 Å². The monoisotopic (exact) mass is 260 g/mol. The van der Waals surface area contributed by atoms with Gasteiger partial charge < -0.3 is 9.84 Å². The average Bonchev–Trinajstić information content (AvgIpc) is 2.37. The summed E-state index contributed by atoms with van der Waals surface area (Å²) in [4.78, 5) is 11.2. The van der Waals surface area contributed by atoms with Crippen LogP contribution < -0.4 is 4.74 Å². The number of hydrogen-bond acceptors (Lipinski definition) is 3. The van der Waals surface area contributed by atoms with Gasteiger partial charge in [0, 0.05) is 4.90 Å². The van der Waals surface area contributed by atoms with E-state index in [2.05, 4.69) is 12.6 Å². The van der Waals surface area contributed by atoms with E-state index in [-0.39, 0.29) is 5.56 Å². The number of thiol groups is 1. The zero-order chi connectivity index (χ0) is 13.0. The summed E-state index contributed by atoms with van der Waals surface area (Å²) in [5.74, 6) is -0.386. The van der Waals surface area contributed by atoms with E-state index in [1.54, 1.807) is 12.1 Å². The molecule has 0 aliphatic rings. The third kappa shape index (κ3) is 3.05. The number of ether oxygens (including phenoxy) is 1. The van der Waals surface area contributed by atoms with E-state index < -0.39 is 5.97 Å². The topological polar surface area (TPSA) is 46.5 Å². The van der Waals surface area contributed by atoms with Gasteiger partial charge in [-0.3, -0.25) is 0 Å². The Morgan fingerprint density at radius 1 is 1.17 bits per heavy atom. The van der Waals surface area contributed by atoms with E-state index in [4.69, 9.17) is 9.84 Å². The lowest BCUT2D eigenvalue weighted by atomic mass is 10.2. The molecule has 2 rings (SSSR count). The molecule has 0 saturated carbocycles. The van der Waals surface area contributed by atoms with E-state index >= 15 is 0 Å². The summed E-state index contributed by atoms with van der Waals surface area (Å²) in [5.41, 5.74) is 1.23. The van der Waals surface area contributed by atoms with Crippen LogP contribution in [0.2, 0.25) is 0 Å². The zero-order valence-corrected chi connectivity index (χ0v) is 10.4. The van der Waals surface area contributed by atoms with Crippen LogP contribution in [0.5, 0.6) is 5.75 Å². The lowest BCUT2D eigenvalue weighted by molar-refractivity contribution is 0.0693. The highest BCUT2D eigenvalue weighted by Crippen LogP contribution is 2.21. The summed E-state index contributed by atoms with van der Waals surface area (Å²) in [6.07, 6.45) is 0. The van der Waals surface area contributed by atoms with E-state index in [9.17, 15) is 4.79 Å². The summed E-state index contributed by atoms with van der Waals surface area (Å²) in [6.45, 7) is 0.445. The molecule has 0 aromatic heterocycles. The van der Waals surface area contributed by atoms with Crippen molar-refractivity contribution in [2.75, 3.05) is 0 Å². The minimum absolute atomic E-state index is 0.172. The van der Waals surface area contributed by atoms with Gasteiger partial charge in [-0.2, -0.15) is 0 Å². The standard InChI is InChI=1S/C14H12O3S/c15-14(16)12-7-6-11(8-13(12)18)17-9-10-4-2-1-3-5-10/h1-8,18H,9H2,(H,15,16). The maximum Gasteiger partial charge on any atom is 0.336 e. The Labute approximate surface area is 110 Å². The van der Waals surface area contributed by atoms with Gasteiger partial charge >= 0.3 is 5.97 Å². The normalized spacial score (nSPS) is 10.1. The molecule has 0 unspecified atom stereocenters. The Morgan fingerprint density at radius 2 is 1.89 bits per heavy atom. The van der Waals surface area contributed by atoms with Crippen LogP contribution in [0.4, 0.5) is 0 Å². The third-order valence-corrected chi connectivity index (χ3v) is 2.82. The molecule has 0 heterocycles. The van der Waals surface area contributed by atoms with Crippen molar-refractivity contribution in [1.29, 1.82) is 0 Å². The van der Waals surface area contributed by atoms with E-state index in [1.807, 2.05) is 30.3 Å². The Morgan fingerprint density at radius 3 is 2.50 bits per heavy atom. The van der Waals surface area contributed by atoms with Crippen LogP contribution in [0.25, 0.3) is 0 Å². The van der Waals surface area contributed by atoms with Gasteiger partial charge in [0.25, 0.3) is 0 Å². The first-order valence-electron chi connectivity index (χ1n) is 5.40. The number of carbonyl (C=O) groups is 1. The molecule has 0 spiro atoms. The fourth-order valence-corrected chi connectivity index (χ4v) is 1.82. The number of aromatic carboxylic acids is 1. The number of hydrogen-bond donors (Lipinski definition) is 2. The van der Waals surface area contributed by atoms with Gasteiger partial charge in [0.05, 0.1) is 5.56 Å². The molecule has 0 amide bonds. The van der Waals surface area contributed by atoms with Gasteiger partial charge in [-0.05, 0) is 23.8 Å². The smallest absolute Gasteiger partial charge is 0.336 e. The molecule has 3 nitrogen and oxygen atoms in total. The Kier molecular flexibility index (Phi) is 3.89. The predicted molar refractivity (Wildman–Crippen MR) is 71.4 cm³/mol. The van der Waals surface area contributed by atoms with Crippen molar-refractivity contribution in [1.82, 2.24) is 0 Å². The highest BCUT2D eigenvalue weighted by molar-refractivity contribution is 7.80. The molecule has 0 fully saturated rings. The average molecular weight is 260 g/mol. The first kappa shape index (κ1) is 12.5. The molecule has 0 saturated heterocycles. The van der Waals surface area contributed by atoms with Crippen molar-refractivity contribution in [3.8, 4) is 5.75 Å². The lowest BCUT2D eigenvalue weighted by Gasteiger charge is -2.08. The van der Waals surface area contributed by atoms with Crippen LogP contribution in [-0.4, -0.2) is 11.1 Å². The molecule has 0 radical (unpaired) electrons. The maximum atomic E-state index is 10.8. The van der Waals surface area contributed by atoms with Crippen molar-refractivity contribution in [3.05, 3.63) is 59.7 Å². The quantitative estimate of drug-likeness (QED) is 0.829. The molecule has 18 heavy (non-hydrogen) atoms. The van der Waals surface area contributed by atoms with Crippen LogP contribution in [0.3, 0.4) is 0 Å². The maximum absolute atomic E-state index is 10.8. The van der Waals surface area contributed by atoms with Crippen LogP contribution in [0, 0.1) is 0 Å². The van der Waals surface area contributed by atoms with Gasteiger partial charge in [0.15, 0.2) is 0 Å². The van der Waals surface area contributed by atoms with Crippen LogP contribution >= 0.6 is 12.6 Å². The van der Waals surface area contributed by atoms with Crippen molar-refractivity contribution >= 4 is 18.6 Å². The molecule has 2 aromatic carbocycles. The number of carboxylic acid groups (broad SMARTS) is 1. The second kappa shape index (κ2) is 5.60. The first-order valence-corrected chi connectivity index (χ1v) is 5.84. The summed E-state index contributed by atoms with van der Waals surface area (Å²) in [6, 6.07) is 14.5. The highest BCUT2D eigenvalue weighted by Gasteiger charge is 2.08. The van der Waals surface area contributed by atoms with Crippen molar-refractivity contribution in [2.45, 2.75) is 11.5 Å². The largest absolute Gasteiger partial charge is 0.489 e. The van der Waals surface area contributed by atoms with E-state index in [0.29, 0.717) is 17.3 Å². The fourth-order valence-electron chi connectivity index (χ4n) is 1.52. The molecule has 0 aliphatic heterocycles. The number of rotatable bonds is 4. The molecule has 92 valence electrons. The Bertz CT molecular complexity index is 552. The molecule has 2 aromatic rings. The minimum atomic E-state index is -0.991. The summed E-state index contributed by atoms with van der Waals surface area (Å²) < 4.78 is 5.57. The Balaban J connectivity index is 2.07. The van der Waals surface area contributed by atoms with Gasteiger partial charge in [0.2, 0.25) is 0 Å². The van der Waals surface area contributed by atoms with Crippen molar-refractivity contribution in [2.24, 2.45) is 0 Å². The Hall–Kier alpha value is -1.94. The molecule has 0 atom stereocenters. The van der Waals surface area contributed by atoms with Crippen LogP contribution in [0.1, 0.15) is 15.9 Å². The number of carboxylic acids is 1. The van der Waals surface area contributed by atoms with Gasteiger partial charge in [-0.15, -0.1) is 12.6 Å². The molecule has 4 heteroatoms. The van der Waals surface area contributed by atoms with E-state index in [1.165, 1.54) is 6.07 Å². The summed E-state index contributed by atoms with van der Waals surface area (Å²) in [7, 11) is 0. The SMILES string of the molecule is O=C(O)c1ccc(OCc2ccccc2)cc1S. The highest BCUT2D eigenvalue weighted by atomic mass is 32.1. The second-order valence-electron chi connectivity index (χ2n) is 3.76. The molecule has 0 aliphatic carbocycles. The third-order valence-electron chi connectivity index (χ3n) is 2.45. The minimum Gasteiger partial charge on any atom is -0.489 e. The molecular formula is C14H12O3S. The first-order chi connectivity index (χ1) is 8.66. The summed E-state index contributed by atoms with van der Waals surface area (Å²) >= 11 is 4.13. The molecule has 0 bridgehead atoms. The molecular weight excluding hydrogens is 248 g/mol. The van der Waals surface area contributed by atoms with Crippen molar-refractivity contribution < 1.29 is 14.6 Å².